The summed E-state index contributed by atoms with van der Waals surface area (Å²) in [5.41, 5.74) is 8.30. The lowest BCUT2D eigenvalue weighted by atomic mass is 10.00. The average Bonchev–Trinajstić information content (AvgIpc) is 2.60. The van der Waals surface area contributed by atoms with Gasteiger partial charge in [0.2, 0.25) is 0 Å². The first-order valence-electron chi connectivity index (χ1n) is 7.95. The number of fused-ring (bicyclic) bond motifs is 1. The fourth-order valence-electron chi connectivity index (χ4n) is 2.70. The van der Waals surface area contributed by atoms with Crippen LogP contribution < -0.4 is 11.1 Å². The molecule has 6 heteroatoms. The van der Waals surface area contributed by atoms with Crippen molar-refractivity contribution in [3.63, 3.8) is 0 Å². The Labute approximate surface area is 142 Å². The van der Waals surface area contributed by atoms with Gasteiger partial charge in [-0.05, 0) is 17.5 Å². The number of aliphatic hydroxyl groups is 1. The molecule has 1 aromatic rings. The van der Waals surface area contributed by atoms with E-state index >= 15 is 0 Å². The first kappa shape index (κ1) is 17.9. The van der Waals surface area contributed by atoms with Crippen molar-refractivity contribution < 1.29 is 9.90 Å². The third kappa shape index (κ3) is 5.04. The molecule has 1 aromatic carbocycles. The molecule has 0 saturated heterocycles. The second-order valence-electron chi connectivity index (χ2n) is 5.70. The van der Waals surface area contributed by atoms with Crippen LogP contribution in [0, 0.1) is 0 Å². The molecule has 0 aliphatic carbocycles. The summed E-state index contributed by atoms with van der Waals surface area (Å²) in [7, 11) is 0. The van der Waals surface area contributed by atoms with E-state index < -0.39 is 6.10 Å². The molecule has 1 amide bonds. The molecular formula is C18H24N4O2. The van der Waals surface area contributed by atoms with E-state index in [2.05, 4.69) is 40.0 Å². The zero-order chi connectivity index (χ0) is 17.4. The van der Waals surface area contributed by atoms with Crippen LogP contribution in [0.3, 0.4) is 0 Å². The SMILES string of the molecule is C=C/N=C\C(=C/N)C(=O)NCC(O)CN1CCc2ccccc2C1. The summed E-state index contributed by atoms with van der Waals surface area (Å²) < 4.78 is 0. The summed E-state index contributed by atoms with van der Waals surface area (Å²) in [6.07, 6.45) is 4.16. The summed E-state index contributed by atoms with van der Waals surface area (Å²) in [6.45, 7) is 5.84. The van der Waals surface area contributed by atoms with Crippen LogP contribution in [0.15, 0.2) is 53.8 Å². The van der Waals surface area contributed by atoms with Crippen molar-refractivity contribution >= 4 is 12.1 Å². The van der Waals surface area contributed by atoms with Crippen LogP contribution in [-0.2, 0) is 17.8 Å². The monoisotopic (exact) mass is 328 g/mol. The number of hydrogen-bond acceptors (Lipinski definition) is 5. The van der Waals surface area contributed by atoms with Crippen molar-refractivity contribution in [1.82, 2.24) is 10.2 Å². The van der Waals surface area contributed by atoms with E-state index in [1.807, 2.05) is 6.07 Å². The first-order valence-corrected chi connectivity index (χ1v) is 7.95. The van der Waals surface area contributed by atoms with E-state index in [9.17, 15) is 9.90 Å². The third-order valence-corrected chi connectivity index (χ3v) is 3.94. The molecular weight excluding hydrogens is 304 g/mol. The molecule has 0 bridgehead atoms. The van der Waals surface area contributed by atoms with E-state index in [0.717, 1.165) is 19.5 Å². The van der Waals surface area contributed by atoms with Crippen LogP contribution in [0.5, 0.6) is 0 Å². The molecule has 4 N–H and O–H groups in total. The summed E-state index contributed by atoms with van der Waals surface area (Å²) in [5, 5.41) is 12.8. The lowest BCUT2D eigenvalue weighted by molar-refractivity contribution is -0.117. The van der Waals surface area contributed by atoms with Gasteiger partial charge in [0.05, 0.1) is 11.7 Å². The molecule has 1 atom stereocenters. The number of rotatable bonds is 7. The van der Waals surface area contributed by atoms with Gasteiger partial charge in [-0.25, -0.2) is 0 Å². The Hall–Kier alpha value is -2.44. The zero-order valence-corrected chi connectivity index (χ0v) is 13.7. The molecule has 0 fully saturated rings. The van der Waals surface area contributed by atoms with Crippen LogP contribution >= 0.6 is 0 Å². The minimum absolute atomic E-state index is 0.163. The highest BCUT2D eigenvalue weighted by Gasteiger charge is 2.19. The Morgan fingerprint density at radius 1 is 1.46 bits per heavy atom. The number of carbonyl (C=O) groups is 1. The second kappa shape index (κ2) is 9.00. The number of aliphatic hydroxyl groups excluding tert-OH is 1. The lowest BCUT2D eigenvalue weighted by Gasteiger charge is -2.30. The number of aliphatic imine (C=N–C) groups is 1. The Kier molecular flexibility index (Phi) is 6.72. The highest BCUT2D eigenvalue weighted by Crippen LogP contribution is 2.18. The van der Waals surface area contributed by atoms with Crippen molar-refractivity contribution in [2.45, 2.75) is 19.1 Å². The predicted molar refractivity (Wildman–Crippen MR) is 95.4 cm³/mol. The van der Waals surface area contributed by atoms with Crippen LogP contribution in [0.4, 0.5) is 0 Å². The maximum absolute atomic E-state index is 11.9. The Bertz CT molecular complexity index is 640. The largest absolute Gasteiger partial charge is 0.404 e. The molecule has 0 spiro atoms. The number of carbonyl (C=O) groups excluding carboxylic acids is 1. The predicted octanol–water partition coefficient (Wildman–Crippen LogP) is 0.579. The number of nitrogens with two attached hydrogens (primary N) is 1. The number of amides is 1. The average molecular weight is 328 g/mol. The normalized spacial score (nSPS) is 16.6. The Balaban J connectivity index is 1.80. The summed E-state index contributed by atoms with van der Waals surface area (Å²) in [6, 6.07) is 8.35. The number of benzene rings is 1. The fraction of sp³-hybridized carbons (Fsp3) is 0.333. The number of nitrogens with zero attached hydrogens (tertiary/aromatic N) is 2. The van der Waals surface area contributed by atoms with Crippen molar-refractivity contribution in [3.8, 4) is 0 Å². The highest BCUT2D eigenvalue weighted by atomic mass is 16.3. The van der Waals surface area contributed by atoms with Crippen LogP contribution in [0.1, 0.15) is 11.1 Å². The zero-order valence-electron chi connectivity index (χ0n) is 13.7. The van der Waals surface area contributed by atoms with Gasteiger partial charge in [-0.1, -0.05) is 30.8 Å². The van der Waals surface area contributed by atoms with Gasteiger partial charge in [0.25, 0.3) is 5.91 Å². The molecule has 24 heavy (non-hydrogen) atoms. The van der Waals surface area contributed by atoms with Gasteiger partial charge in [0.1, 0.15) is 0 Å². The Morgan fingerprint density at radius 3 is 2.92 bits per heavy atom. The topological polar surface area (TPSA) is 90.9 Å². The van der Waals surface area contributed by atoms with Crippen LogP contribution in [0.2, 0.25) is 0 Å². The molecule has 128 valence electrons. The summed E-state index contributed by atoms with van der Waals surface area (Å²) in [4.78, 5) is 17.9. The van der Waals surface area contributed by atoms with Crippen molar-refractivity contribution in [1.29, 1.82) is 0 Å². The quantitative estimate of drug-likeness (QED) is 0.504. The van der Waals surface area contributed by atoms with Crippen molar-refractivity contribution in [2.24, 2.45) is 10.7 Å². The molecule has 1 aliphatic rings. The standard InChI is InChI=1S/C18H24N4O2/c1-2-20-10-16(9-19)18(24)21-11-17(23)13-22-8-7-14-5-3-4-6-15(14)12-22/h2-6,9-10,17,23H,1,7-8,11-13,19H2,(H,21,24)/b16-9+,20-10-. The van der Waals surface area contributed by atoms with Gasteiger partial charge in [0.15, 0.2) is 0 Å². The number of hydrogen-bond donors (Lipinski definition) is 3. The minimum Gasteiger partial charge on any atom is -0.404 e. The first-order chi connectivity index (χ1) is 11.6. The fourth-order valence-corrected chi connectivity index (χ4v) is 2.70. The number of nitrogens with one attached hydrogen (secondary N) is 1. The minimum atomic E-state index is -0.644. The Morgan fingerprint density at radius 2 is 2.21 bits per heavy atom. The van der Waals surface area contributed by atoms with E-state index in [0.29, 0.717) is 6.54 Å². The molecule has 0 saturated carbocycles. The van der Waals surface area contributed by atoms with Gasteiger partial charge < -0.3 is 16.2 Å². The lowest BCUT2D eigenvalue weighted by Crippen LogP contribution is -2.42. The molecule has 1 aliphatic heterocycles. The number of β-amino-alcohol motifs (C(OH)–C–C–N with tert-alkyl or cyclic N) is 1. The molecule has 1 unspecified atom stereocenters. The van der Waals surface area contributed by atoms with Crippen LogP contribution in [-0.4, -0.2) is 47.9 Å². The van der Waals surface area contributed by atoms with Gasteiger partial charge in [-0.15, -0.1) is 0 Å². The van der Waals surface area contributed by atoms with E-state index in [4.69, 9.17) is 5.73 Å². The summed E-state index contributed by atoms with van der Waals surface area (Å²) >= 11 is 0. The third-order valence-electron chi connectivity index (χ3n) is 3.94. The maximum Gasteiger partial charge on any atom is 0.254 e. The van der Waals surface area contributed by atoms with Gasteiger partial charge in [-0.2, -0.15) is 0 Å². The van der Waals surface area contributed by atoms with Gasteiger partial charge in [-0.3, -0.25) is 14.7 Å². The van der Waals surface area contributed by atoms with Gasteiger partial charge >= 0.3 is 0 Å². The molecule has 1 heterocycles. The van der Waals surface area contributed by atoms with E-state index in [-0.39, 0.29) is 18.0 Å². The smallest absolute Gasteiger partial charge is 0.254 e. The van der Waals surface area contributed by atoms with Crippen molar-refractivity contribution in [3.05, 3.63) is 59.9 Å². The van der Waals surface area contributed by atoms with Crippen molar-refractivity contribution in [2.75, 3.05) is 19.6 Å². The molecule has 0 radical (unpaired) electrons. The van der Waals surface area contributed by atoms with E-state index in [1.54, 1.807) is 0 Å². The highest BCUT2D eigenvalue weighted by molar-refractivity contribution is 6.12. The van der Waals surface area contributed by atoms with Crippen LogP contribution in [0.25, 0.3) is 0 Å². The van der Waals surface area contributed by atoms with E-state index in [1.165, 1.54) is 29.7 Å². The van der Waals surface area contributed by atoms with Gasteiger partial charge in [0, 0.05) is 44.8 Å². The molecule has 0 aromatic heterocycles. The summed E-state index contributed by atoms with van der Waals surface area (Å²) in [5.74, 6) is -0.369. The molecule has 2 rings (SSSR count). The molecule has 6 nitrogen and oxygen atoms in total. The second-order valence-corrected chi connectivity index (χ2v) is 5.70. The maximum atomic E-state index is 11.9.